The predicted molar refractivity (Wildman–Crippen MR) is 111 cm³/mol. The number of thiophene rings is 1. The second kappa shape index (κ2) is 8.69. The average molecular weight is 427 g/mol. The lowest BCUT2D eigenvalue weighted by molar-refractivity contribution is -0.120. The van der Waals surface area contributed by atoms with Gasteiger partial charge in [0.25, 0.3) is 5.91 Å². The molecule has 3 aromatic rings. The van der Waals surface area contributed by atoms with Gasteiger partial charge in [0.05, 0.1) is 11.5 Å². The van der Waals surface area contributed by atoms with Gasteiger partial charge in [-0.25, -0.2) is 4.79 Å². The molecule has 3 N–H and O–H groups in total. The lowest BCUT2D eigenvalue weighted by Crippen LogP contribution is -2.22. The van der Waals surface area contributed by atoms with E-state index < -0.39 is 12.1 Å². The Labute approximate surface area is 175 Å². The van der Waals surface area contributed by atoms with Crippen molar-refractivity contribution in [1.82, 2.24) is 10.6 Å². The molecule has 0 spiro atoms. The van der Waals surface area contributed by atoms with Gasteiger partial charge in [-0.2, -0.15) is 0 Å². The number of imide groups is 1. The molecule has 0 bridgehead atoms. The topological polar surface area (TPSA) is 87.7 Å². The summed E-state index contributed by atoms with van der Waals surface area (Å²) in [6.07, 6.45) is 0. The molecule has 2 heterocycles. The maximum Gasteiger partial charge on any atom is 0.322 e. The van der Waals surface area contributed by atoms with Crippen LogP contribution in [0.25, 0.3) is 0 Å². The minimum Gasteiger partial charge on any atom is -0.489 e. The normalized spacial score (nSPS) is 15.8. The van der Waals surface area contributed by atoms with Crippen molar-refractivity contribution >= 4 is 35.0 Å². The van der Waals surface area contributed by atoms with Crippen LogP contribution in [-0.4, -0.2) is 17.0 Å². The van der Waals surface area contributed by atoms with Crippen LogP contribution in [0.2, 0.25) is 0 Å². The third-order valence-corrected chi connectivity index (χ3v) is 6.52. The zero-order chi connectivity index (χ0) is 20.2. The van der Waals surface area contributed by atoms with Gasteiger partial charge in [0.1, 0.15) is 18.4 Å². The first-order valence-electron chi connectivity index (χ1n) is 8.90. The van der Waals surface area contributed by atoms with Crippen LogP contribution in [0.15, 0.2) is 69.8 Å². The third kappa shape index (κ3) is 4.61. The molecule has 1 aliphatic heterocycles. The average Bonchev–Trinajstić information content (AvgIpc) is 3.32. The summed E-state index contributed by atoms with van der Waals surface area (Å²) < 4.78 is 5.82. The van der Waals surface area contributed by atoms with Crippen molar-refractivity contribution in [2.24, 2.45) is 0 Å². The highest BCUT2D eigenvalue weighted by Crippen LogP contribution is 2.38. The summed E-state index contributed by atoms with van der Waals surface area (Å²) in [5.41, 5.74) is 1.85. The van der Waals surface area contributed by atoms with Gasteiger partial charge >= 0.3 is 6.03 Å². The van der Waals surface area contributed by atoms with E-state index in [0.717, 1.165) is 31.5 Å². The van der Waals surface area contributed by atoms with Gasteiger partial charge in [0.2, 0.25) is 0 Å². The minimum absolute atomic E-state index is 0.0104. The van der Waals surface area contributed by atoms with Crippen molar-refractivity contribution in [3.8, 4) is 5.75 Å². The fourth-order valence-corrected chi connectivity index (χ4v) is 4.99. The number of nitrogens with one attached hydrogen (secondary N) is 2. The van der Waals surface area contributed by atoms with Crippen LogP contribution in [0.5, 0.6) is 5.75 Å². The number of urea groups is 1. The van der Waals surface area contributed by atoms with Crippen molar-refractivity contribution in [3.63, 3.8) is 0 Å². The second-order valence-electron chi connectivity index (χ2n) is 6.39. The summed E-state index contributed by atoms with van der Waals surface area (Å²) in [6, 6.07) is 16.2. The highest BCUT2D eigenvalue weighted by atomic mass is 32.2. The molecule has 0 saturated carbocycles. The molecule has 0 radical (unpaired) electrons. The van der Waals surface area contributed by atoms with E-state index in [4.69, 9.17) is 4.74 Å². The second-order valence-corrected chi connectivity index (χ2v) is 8.45. The summed E-state index contributed by atoms with van der Waals surface area (Å²) in [5.74, 6) is 0.421. The molecule has 1 atom stereocenters. The fourth-order valence-electron chi connectivity index (χ4n) is 2.92. The van der Waals surface area contributed by atoms with Crippen LogP contribution in [0, 0.1) is 0 Å². The van der Waals surface area contributed by atoms with Crippen LogP contribution in [0.1, 0.15) is 22.0 Å². The first kappa shape index (κ1) is 19.5. The van der Waals surface area contributed by atoms with Crippen molar-refractivity contribution in [1.29, 1.82) is 0 Å². The minimum atomic E-state index is -0.637. The molecule has 1 aliphatic rings. The quantitative estimate of drug-likeness (QED) is 0.500. The van der Waals surface area contributed by atoms with Crippen LogP contribution < -0.4 is 15.4 Å². The van der Waals surface area contributed by atoms with E-state index in [0.29, 0.717) is 6.61 Å². The van der Waals surface area contributed by atoms with E-state index in [1.807, 2.05) is 60.0 Å². The zero-order valence-electron chi connectivity index (χ0n) is 15.3. The van der Waals surface area contributed by atoms with Gasteiger partial charge in [-0.1, -0.05) is 36.0 Å². The Balaban J connectivity index is 1.40. The lowest BCUT2D eigenvalue weighted by atomic mass is 10.1. The van der Waals surface area contributed by atoms with E-state index >= 15 is 0 Å². The summed E-state index contributed by atoms with van der Waals surface area (Å²) in [6.45, 7) is 0.433. The third-order valence-electron chi connectivity index (χ3n) is 4.32. The monoisotopic (exact) mass is 426 g/mol. The molecule has 8 heteroatoms. The zero-order valence-corrected chi connectivity index (χ0v) is 16.9. The molecule has 4 rings (SSSR count). The van der Waals surface area contributed by atoms with Gasteiger partial charge in [0, 0.05) is 9.79 Å². The van der Waals surface area contributed by atoms with Gasteiger partial charge in [-0.3, -0.25) is 10.1 Å². The van der Waals surface area contributed by atoms with E-state index in [1.165, 1.54) is 23.1 Å². The van der Waals surface area contributed by atoms with E-state index in [9.17, 15) is 14.7 Å². The van der Waals surface area contributed by atoms with E-state index in [-0.39, 0.29) is 12.5 Å². The maximum absolute atomic E-state index is 11.9. The van der Waals surface area contributed by atoms with Gasteiger partial charge in [-0.15, -0.1) is 11.3 Å². The fraction of sp³-hybridized carbons (Fsp3) is 0.143. The molecule has 0 aliphatic carbocycles. The van der Waals surface area contributed by atoms with E-state index in [1.54, 1.807) is 0 Å². The number of rotatable bonds is 7. The van der Waals surface area contributed by atoms with Crippen molar-refractivity contribution in [2.75, 3.05) is 0 Å². The Morgan fingerprint density at radius 2 is 1.86 bits per heavy atom. The number of hydrogen-bond acceptors (Lipinski definition) is 6. The highest BCUT2D eigenvalue weighted by Gasteiger charge is 2.33. The predicted octanol–water partition coefficient (Wildman–Crippen LogP) is 3.85. The van der Waals surface area contributed by atoms with Crippen LogP contribution in [0.3, 0.4) is 0 Å². The smallest absolute Gasteiger partial charge is 0.322 e. The standard InChI is InChI=1S/C21H18N2O4S2/c24-11-13-2-1-3-14(10-13)12-27-15-4-6-16(7-5-15)29-17-8-9-28-19(17)18-20(25)23-21(26)22-18/h1-10,18,24H,11-12H2,(H2,22,23,25,26). The number of ether oxygens (including phenoxy) is 1. The van der Waals surface area contributed by atoms with Crippen molar-refractivity contribution in [2.45, 2.75) is 29.0 Å². The maximum atomic E-state index is 11.9. The summed E-state index contributed by atoms with van der Waals surface area (Å²) in [7, 11) is 0. The van der Waals surface area contributed by atoms with Crippen LogP contribution in [0.4, 0.5) is 4.79 Å². The molecule has 6 nitrogen and oxygen atoms in total. The van der Waals surface area contributed by atoms with Crippen LogP contribution >= 0.6 is 23.1 Å². The van der Waals surface area contributed by atoms with Gasteiger partial charge < -0.3 is 15.2 Å². The number of aliphatic hydroxyl groups excluding tert-OH is 1. The molecule has 1 aromatic heterocycles. The van der Waals surface area contributed by atoms with Gasteiger partial charge in [0.15, 0.2) is 0 Å². The van der Waals surface area contributed by atoms with Crippen LogP contribution in [-0.2, 0) is 18.0 Å². The molecule has 148 valence electrons. The number of amides is 3. The molecule has 1 saturated heterocycles. The number of carbonyl (C=O) groups is 2. The lowest BCUT2D eigenvalue weighted by Gasteiger charge is -2.10. The number of hydrogen-bond donors (Lipinski definition) is 3. The molecule has 3 amide bonds. The Hall–Kier alpha value is -2.81. The largest absolute Gasteiger partial charge is 0.489 e. The molecule has 29 heavy (non-hydrogen) atoms. The van der Waals surface area contributed by atoms with Gasteiger partial charge in [-0.05, 0) is 46.8 Å². The molecule has 1 unspecified atom stereocenters. The number of aliphatic hydroxyl groups is 1. The summed E-state index contributed by atoms with van der Waals surface area (Å²) >= 11 is 2.98. The Morgan fingerprint density at radius 1 is 1.07 bits per heavy atom. The summed E-state index contributed by atoms with van der Waals surface area (Å²) in [5, 5.41) is 16.0. The van der Waals surface area contributed by atoms with Crippen molar-refractivity contribution in [3.05, 3.63) is 76.0 Å². The first-order valence-corrected chi connectivity index (χ1v) is 10.6. The van der Waals surface area contributed by atoms with E-state index in [2.05, 4.69) is 10.6 Å². The Kier molecular flexibility index (Phi) is 5.84. The first-order chi connectivity index (χ1) is 14.1. The molecular formula is C21H18N2O4S2. The number of benzene rings is 2. The highest BCUT2D eigenvalue weighted by molar-refractivity contribution is 7.99. The summed E-state index contributed by atoms with van der Waals surface area (Å²) in [4.78, 5) is 26.1. The van der Waals surface area contributed by atoms with Crippen molar-refractivity contribution < 1.29 is 19.4 Å². The molecular weight excluding hydrogens is 408 g/mol. The Morgan fingerprint density at radius 3 is 2.59 bits per heavy atom. The number of carbonyl (C=O) groups excluding carboxylic acids is 2. The SMILES string of the molecule is O=C1NC(=O)C(c2sccc2Sc2ccc(OCc3cccc(CO)c3)cc2)N1. The molecule has 2 aromatic carbocycles. The Bertz CT molecular complexity index is 1030. The molecule has 1 fully saturated rings.